The minimum atomic E-state index is 0.867. The number of imidazole rings is 1. The summed E-state index contributed by atoms with van der Waals surface area (Å²) in [6.45, 7) is 0. The SMILES string of the molecule is CNn1ccnc1-c1ccc(-c2cnccn2)cc1. The van der Waals surface area contributed by atoms with E-state index in [1.54, 1.807) is 24.8 Å². The Morgan fingerprint density at radius 3 is 2.42 bits per heavy atom. The van der Waals surface area contributed by atoms with Crippen molar-refractivity contribution in [2.75, 3.05) is 12.5 Å². The first-order valence-corrected chi connectivity index (χ1v) is 5.96. The second-order valence-electron chi connectivity index (χ2n) is 4.01. The standard InChI is InChI=1S/C14H13N5/c1-15-19-9-8-18-14(19)12-4-2-11(3-5-12)13-10-16-6-7-17-13/h2-10,15H,1H3. The van der Waals surface area contributed by atoms with Crippen LogP contribution < -0.4 is 5.43 Å². The average molecular weight is 251 g/mol. The largest absolute Gasteiger partial charge is 0.328 e. The van der Waals surface area contributed by atoms with Crippen molar-refractivity contribution in [2.24, 2.45) is 0 Å². The number of rotatable bonds is 3. The summed E-state index contributed by atoms with van der Waals surface area (Å²) >= 11 is 0. The molecular formula is C14H13N5. The first-order chi connectivity index (χ1) is 9.38. The zero-order chi connectivity index (χ0) is 13.1. The lowest BCUT2D eigenvalue weighted by molar-refractivity contribution is 0.934. The Bertz CT molecular complexity index is 658. The molecule has 19 heavy (non-hydrogen) atoms. The van der Waals surface area contributed by atoms with Gasteiger partial charge in [-0.05, 0) is 0 Å². The lowest BCUT2D eigenvalue weighted by atomic mass is 10.1. The van der Waals surface area contributed by atoms with Crippen LogP contribution in [0.4, 0.5) is 0 Å². The first kappa shape index (κ1) is 11.4. The van der Waals surface area contributed by atoms with Gasteiger partial charge >= 0.3 is 0 Å². The summed E-state index contributed by atoms with van der Waals surface area (Å²) < 4.78 is 1.87. The van der Waals surface area contributed by atoms with Crippen molar-refractivity contribution in [1.82, 2.24) is 19.6 Å². The molecule has 0 aliphatic rings. The zero-order valence-electron chi connectivity index (χ0n) is 10.5. The van der Waals surface area contributed by atoms with Gasteiger partial charge in [-0.3, -0.25) is 9.97 Å². The minimum absolute atomic E-state index is 0.867. The maximum atomic E-state index is 4.33. The molecule has 0 saturated carbocycles. The van der Waals surface area contributed by atoms with Gasteiger partial charge < -0.3 is 5.43 Å². The van der Waals surface area contributed by atoms with E-state index in [1.165, 1.54) is 0 Å². The van der Waals surface area contributed by atoms with Gasteiger partial charge in [-0.25, -0.2) is 9.66 Å². The van der Waals surface area contributed by atoms with Crippen molar-refractivity contribution in [2.45, 2.75) is 0 Å². The topological polar surface area (TPSA) is 55.6 Å². The Morgan fingerprint density at radius 1 is 0.947 bits per heavy atom. The maximum absolute atomic E-state index is 4.33. The normalized spacial score (nSPS) is 10.4. The average Bonchev–Trinajstić information content (AvgIpc) is 2.97. The quantitative estimate of drug-likeness (QED) is 0.775. The highest BCUT2D eigenvalue weighted by molar-refractivity contribution is 5.64. The molecule has 1 N–H and O–H groups in total. The van der Waals surface area contributed by atoms with Gasteiger partial charge in [0.25, 0.3) is 0 Å². The molecule has 0 spiro atoms. The van der Waals surface area contributed by atoms with Crippen molar-refractivity contribution >= 4 is 0 Å². The molecule has 0 aliphatic heterocycles. The van der Waals surface area contributed by atoms with Gasteiger partial charge in [0.05, 0.1) is 11.9 Å². The van der Waals surface area contributed by atoms with Crippen LogP contribution >= 0.6 is 0 Å². The van der Waals surface area contributed by atoms with Gasteiger partial charge in [-0.15, -0.1) is 0 Å². The van der Waals surface area contributed by atoms with E-state index in [1.807, 2.05) is 42.2 Å². The summed E-state index contributed by atoms with van der Waals surface area (Å²) in [6, 6.07) is 8.10. The molecule has 94 valence electrons. The highest BCUT2D eigenvalue weighted by atomic mass is 15.4. The highest BCUT2D eigenvalue weighted by Crippen LogP contribution is 2.21. The molecule has 1 aromatic carbocycles. The van der Waals surface area contributed by atoms with Gasteiger partial charge in [0.1, 0.15) is 0 Å². The van der Waals surface area contributed by atoms with Crippen LogP contribution in [0.15, 0.2) is 55.2 Å². The molecule has 0 atom stereocenters. The van der Waals surface area contributed by atoms with Crippen molar-refractivity contribution in [3.05, 3.63) is 55.2 Å². The van der Waals surface area contributed by atoms with E-state index >= 15 is 0 Å². The Kier molecular flexibility index (Phi) is 2.94. The summed E-state index contributed by atoms with van der Waals surface area (Å²) in [4.78, 5) is 12.7. The molecule has 2 heterocycles. The van der Waals surface area contributed by atoms with Gasteiger partial charge in [0.15, 0.2) is 5.82 Å². The lowest BCUT2D eigenvalue weighted by Gasteiger charge is -2.07. The summed E-state index contributed by atoms with van der Waals surface area (Å²) in [6.07, 6.45) is 8.76. The molecule has 5 heteroatoms. The molecule has 0 radical (unpaired) electrons. The monoisotopic (exact) mass is 251 g/mol. The Balaban J connectivity index is 1.96. The van der Waals surface area contributed by atoms with Crippen LogP contribution in [0.3, 0.4) is 0 Å². The third kappa shape index (κ3) is 2.18. The number of hydrogen-bond acceptors (Lipinski definition) is 4. The first-order valence-electron chi connectivity index (χ1n) is 5.96. The Morgan fingerprint density at radius 2 is 1.74 bits per heavy atom. The van der Waals surface area contributed by atoms with Crippen LogP contribution in [0.1, 0.15) is 0 Å². The summed E-state index contributed by atoms with van der Waals surface area (Å²) in [7, 11) is 1.86. The minimum Gasteiger partial charge on any atom is -0.328 e. The van der Waals surface area contributed by atoms with E-state index in [9.17, 15) is 0 Å². The molecule has 2 aromatic heterocycles. The highest BCUT2D eigenvalue weighted by Gasteiger charge is 2.05. The molecule has 0 amide bonds. The molecule has 0 fully saturated rings. The molecule has 0 bridgehead atoms. The van der Waals surface area contributed by atoms with Crippen molar-refractivity contribution in [1.29, 1.82) is 0 Å². The van der Waals surface area contributed by atoms with Crippen LogP contribution in [-0.4, -0.2) is 26.7 Å². The summed E-state index contributed by atoms with van der Waals surface area (Å²) in [5.74, 6) is 0.883. The fraction of sp³-hybridized carbons (Fsp3) is 0.0714. The van der Waals surface area contributed by atoms with Gasteiger partial charge in [0.2, 0.25) is 0 Å². The number of nitrogens with one attached hydrogen (secondary N) is 1. The van der Waals surface area contributed by atoms with Gasteiger partial charge in [0, 0.05) is 43.0 Å². The maximum Gasteiger partial charge on any atom is 0.158 e. The second-order valence-corrected chi connectivity index (χ2v) is 4.01. The van der Waals surface area contributed by atoms with E-state index in [-0.39, 0.29) is 0 Å². The molecule has 0 unspecified atom stereocenters. The summed E-state index contributed by atoms with van der Waals surface area (Å²) in [5, 5.41) is 0. The molecule has 0 saturated heterocycles. The molecule has 5 nitrogen and oxygen atoms in total. The van der Waals surface area contributed by atoms with Crippen LogP contribution in [0.25, 0.3) is 22.6 Å². The number of hydrogen-bond donors (Lipinski definition) is 1. The predicted molar refractivity (Wildman–Crippen MR) is 74.0 cm³/mol. The van der Waals surface area contributed by atoms with Crippen LogP contribution in [0.5, 0.6) is 0 Å². The number of nitrogens with zero attached hydrogens (tertiary/aromatic N) is 4. The van der Waals surface area contributed by atoms with E-state index in [0.29, 0.717) is 0 Å². The van der Waals surface area contributed by atoms with Gasteiger partial charge in [-0.1, -0.05) is 24.3 Å². The van der Waals surface area contributed by atoms with Crippen molar-refractivity contribution < 1.29 is 0 Å². The fourth-order valence-corrected chi connectivity index (χ4v) is 1.94. The third-order valence-corrected chi connectivity index (χ3v) is 2.88. The fourth-order valence-electron chi connectivity index (χ4n) is 1.94. The van der Waals surface area contributed by atoms with Gasteiger partial charge in [-0.2, -0.15) is 0 Å². The van der Waals surface area contributed by atoms with Crippen molar-refractivity contribution in [3.8, 4) is 22.6 Å². The molecule has 3 aromatic rings. The van der Waals surface area contributed by atoms with E-state index in [0.717, 1.165) is 22.6 Å². The third-order valence-electron chi connectivity index (χ3n) is 2.88. The van der Waals surface area contributed by atoms with E-state index in [4.69, 9.17) is 0 Å². The Labute approximate surface area is 111 Å². The second kappa shape index (κ2) is 4.89. The van der Waals surface area contributed by atoms with Crippen LogP contribution in [0.2, 0.25) is 0 Å². The molecule has 0 aliphatic carbocycles. The molecule has 3 rings (SSSR count). The van der Waals surface area contributed by atoms with E-state index in [2.05, 4.69) is 20.4 Å². The van der Waals surface area contributed by atoms with Crippen LogP contribution in [0, 0.1) is 0 Å². The number of benzene rings is 1. The number of aromatic nitrogens is 4. The van der Waals surface area contributed by atoms with Crippen molar-refractivity contribution in [3.63, 3.8) is 0 Å². The zero-order valence-corrected chi connectivity index (χ0v) is 10.5. The molecular weight excluding hydrogens is 238 g/mol. The van der Waals surface area contributed by atoms with Crippen LogP contribution in [-0.2, 0) is 0 Å². The lowest BCUT2D eigenvalue weighted by Crippen LogP contribution is -2.08. The smallest absolute Gasteiger partial charge is 0.158 e. The Hall–Kier alpha value is -2.69. The van der Waals surface area contributed by atoms with E-state index < -0.39 is 0 Å². The summed E-state index contributed by atoms with van der Waals surface area (Å²) in [5.41, 5.74) is 6.01. The predicted octanol–water partition coefficient (Wildman–Crippen LogP) is 2.18.